The Balaban J connectivity index is 1.55. The van der Waals surface area contributed by atoms with Crippen molar-refractivity contribution in [3.05, 3.63) is 30.6 Å². The molecule has 3 rings (SSSR count). The quantitative estimate of drug-likeness (QED) is 0.836. The first-order valence-corrected chi connectivity index (χ1v) is 6.28. The molecule has 1 fully saturated rings. The minimum Gasteiger partial charge on any atom is -0.371 e. The Morgan fingerprint density at radius 1 is 1.44 bits per heavy atom. The van der Waals surface area contributed by atoms with Gasteiger partial charge in [0.25, 0.3) is 0 Å². The molecule has 0 radical (unpaired) electrons. The van der Waals surface area contributed by atoms with E-state index in [2.05, 4.69) is 15.6 Å². The van der Waals surface area contributed by atoms with Crippen LogP contribution in [0.15, 0.2) is 30.6 Å². The number of hydrogen-bond donors (Lipinski definition) is 2. The molecule has 0 aromatic carbocycles. The number of pyridine rings is 1. The molecule has 1 amide bonds. The van der Waals surface area contributed by atoms with Crippen LogP contribution in [0, 0.1) is 0 Å². The third-order valence-corrected chi connectivity index (χ3v) is 3.03. The highest BCUT2D eigenvalue weighted by Gasteiger charge is 2.22. The van der Waals surface area contributed by atoms with Crippen molar-refractivity contribution >= 4 is 17.4 Å². The van der Waals surface area contributed by atoms with Crippen LogP contribution >= 0.6 is 0 Å². The van der Waals surface area contributed by atoms with E-state index in [0.29, 0.717) is 19.0 Å². The van der Waals surface area contributed by atoms with Crippen LogP contribution in [0.4, 0.5) is 5.82 Å². The summed E-state index contributed by atoms with van der Waals surface area (Å²) in [5.74, 6) is 1.09. The minimum atomic E-state index is 0.128. The lowest BCUT2D eigenvalue weighted by Gasteiger charge is -2.08. The molecule has 2 aromatic heterocycles. The molecule has 0 aliphatic heterocycles. The topological polar surface area (TPSA) is 58.4 Å². The molecule has 0 spiro atoms. The van der Waals surface area contributed by atoms with Crippen molar-refractivity contribution in [3.8, 4) is 0 Å². The van der Waals surface area contributed by atoms with Crippen molar-refractivity contribution in [2.24, 2.45) is 0 Å². The van der Waals surface area contributed by atoms with Crippen LogP contribution in [-0.4, -0.2) is 27.9 Å². The van der Waals surface area contributed by atoms with E-state index in [4.69, 9.17) is 0 Å². The smallest absolute Gasteiger partial charge is 0.221 e. The monoisotopic (exact) mass is 244 g/mol. The minimum absolute atomic E-state index is 0.128. The number of aromatic nitrogens is 2. The number of nitrogens with one attached hydrogen (secondary N) is 2. The number of amides is 1. The molecule has 0 saturated heterocycles. The molecular formula is C13H16N4O. The van der Waals surface area contributed by atoms with Gasteiger partial charge < -0.3 is 10.6 Å². The molecule has 1 saturated carbocycles. The van der Waals surface area contributed by atoms with E-state index in [1.807, 2.05) is 28.8 Å². The van der Waals surface area contributed by atoms with Crippen molar-refractivity contribution in [3.63, 3.8) is 0 Å². The van der Waals surface area contributed by atoms with E-state index in [0.717, 1.165) is 24.3 Å². The lowest BCUT2D eigenvalue weighted by Crippen LogP contribution is -2.27. The van der Waals surface area contributed by atoms with Crippen LogP contribution in [0.3, 0.4) is 0 Å². The van der Waals surface area contributed by atoms with E-state index in [9.17, 15) is 4.79 Å². The Morgan fingerprint density at radius 2 is 2.33 bits per heavy atom. The molecule has 0 unspecified atom stereocenters. The van der Waals surface area contributed by atoms with Gasteiger partial charge in [0.15, 0.2) is 0 Å². The van der Waals surface area contributed by atoms with Gasteiger partial charge in [-0.2, -0.15) is 0 Å². The number of anilines is 1. The standard InChI is InChI=1S/C13H16N4O/c18-13(16-10-4-5-10)6-7-14-11-2-1-3-12-15-8-9-17(11)12/h1-3,8-10,14H,4-7H2,(H,16,18). The van der Waals surface area contributed by atoms with Crippen LogP contribution < -0.4 is 10.6 Å². The summed E-state index contributed by atoms with van der Waals surface area (Å²) in [6.07, 6.45) is 6.44. The van der Waals surface area contributed by atoms with Gasteiger partial charge in [0.05, 0.1) is 0 Å². The Labute approximate surface area is 105 Å². The third kappa shape index (κ3) is 2.45. The van der Waals surface area contributed by atoms with Crippen LogP contribution in [0.25, 0.3) is 5.65 Å². The number of carbonyl (C=O) groups excluding carboxylic acids is 1. The van der Waals surface area contributed by atoms with E-state index in [1.165, 1.54) is 0 Å². The molecule has 5 heteroatoms. The van der Waals surface area contributed by atoms with E-state index in [-0.39, 0.29) is 5.91 Å². The lowest BCUT2D eigenvalue weighted by molar-refractivity contribution is -0.120. The highest BCUT2D eigenvalue weighted by molar-refractivity contribution is 5.77. The van der Waals surface area contributed by atoms with Crippen LogP contribution in [0.5, 0.6) is 0 Å². The summed E-state index contributed by atoms with van der Waals surface area (Å²) in [5.41, 5.74) is 0.905. The fourth-order valence-corrected chi connectivity index (χ4v) is 1.92. The first kappa shape index (κ1) is 11.1. The zero-order valence-electron chi connectivity index (χ0n) is 10.1. The van der Waals surface area contributed by atoms with Gasteiger partial charge in [-0.15, -0.1) is 0 Å². The maximum Gasteiger partial charge on any atom is 0.221 e. The SMILES string of the molecule is O=C(CCNc1cccc2nccn12)NC1CC1. The van der Waals surface area contributed by atoms with Crippen molar-refractivity contribution in [1.29, 1.82) is 0 Å². The highest BCUT2D eigenvalue weighted by atomic mass is 16.1. The molecule has 18 heavy (non-hydrogen) atoms. The second kappa shape index (κ2) is 4.68. The summed E-state index contributed by atoms with van der Waals surface area (Å²) < 4.78 is 1.97. The highest BCUT2D eigenvalue weighted by Crippen LogP contribution is 2.18. The summed E-state index contributed by atoms with van der Waals surface area (Å²) in [6.45, 7) is 0.635. The van der Waals surface area contributed by atoms with Gasteiger partial charge in [-0.1, -0.05) is 6.07 Å². The van der Waals surface area contributed by atoms with Gasteiger partial charge >= 0.3 is 0 Å². The molecule has 2 aromatic rings. The molecule has 0 bridgehead atoms. The largest absolute Gasteiger partial charge is 0.371 e. The Kier molecular flexibility index (Phi) is 2.88. The Bertz CT molecular complexity index is 559. The molecule has 0 atom stereocenters. The number of nitrogens with zero attached hydrogens (tertiary/aromatic N) is 2. The first-order chi connectivity index (χ1) is 8.83. The summed E-state index contributed by atoms with van der Waals surface area (Å²) >= 11 is 0. The van der Waals surface area contributed by atoms with E-state index < -0.39 is 0 Å². The molecule has 1 aliphatic rings. The van der Waals surface area contributed by atoms with E-state index >= 15 is 0 Å². The van der Waals surface area contributed by atoms with Gasteiger partial charge in [0, 0.05) is 31.4 Å². The number of hydrogen-bond acceptors (Lipinski definition) is 3. The first-order valence-electron chi connectivity index (χ1n) is 6.28. The van der Waals surface area contributed by atoms with Crippen molar-refractivity contribution in [2.75, 3.05) is 11.9 Å². The average molecular weight is 244 g/mol. The third-order valence-electron chi connectivity index (χ3n) is 3.03. The van der Waals surface area contributed by atoms with Crippen LogP contribution in [0.1, 0.15) is 19.3 Å². The summed E-state index contributed by atoms with van der Waals surface area (Å²) in [6, 6.07) is 6.32. The molecular weight excluding hydrogens is 228 g/mol. The van der Waals surface area contributed by atoms with E-state index in [1.54, 1.807) is 6.20 Å². The number of fused-ring (bicyclic) bond motifs is 1. The zero-order chi connectivity index (χ0) is 12.4. The zero-order valence-corrected chi connectivity index (χ0v) is 10.1. The Morgan fingerprint density at radius 3 is 3.17 bits per heavy atom. The van der Waals surface area contributed by atoms with Crippen molar-refractivity contribution in [2.45, 2.75) is 25.3 Å². The fraction of sp³-hybridized carbons (Fsp3) is 0.385. The van der Waals surface area contributed by atoms with Gasteiger partial charge in [-0.3, -0.25) is 9.20 Å². The lowest BCUT2D eigenvalue weighted by atomic mass is 10.3. The maximum absolute atomic E-state index is 11.5. The predicted octanol–water partition coefficient (Wildman–Crippen LogP) is 1.41. The van der Waals surface area contributed by atoms with Gasteiger partial charge in [-0.25, -0.2) is 4.98 Å². The predicted molar refractivity (Wildman–Crippen MR) is 69.5 cm³/mol. The Hall–Kier alpha value is -2.04. The number of rotatable bonds is 5. The van der Waals surface area contributed by atoms with Crippen LogP contribution in [0.2, 0.25) is 0 Å². The molecule has 2 heterocycles. The average Bonchev–Trinajstić information content (AvgIpc) is 3.04. The fourth-order valence-electron chi connectivity index (χ4n) is 1.92. The number of imidazole rings is 1. The second-order valence-corrected chi connectivity index (χ2v) is 4.59. The summed E-state index contributed by atoms with van der Waals surface area (Å²) in [5, 5.41) is 6.23. The summed E-state index contributed by atoms with van der Waals surface area (Å²) in [4.78, 5) is 15.7. The molecule has 2 N–H and O–H groups in total. The molecule has 94 valence electrons. The van der Waals surface area contributed by atoms with Gasteiger partial charge in [0.2, 0.25) is 5.91 Å². The van der Waals surface area contributed by atoms with Gasteiger partial charge in [-0.05, 0) is 25.0 Å². The number of carbonyl (C=O) groups is 1. The van der Waals surface area contributed by atoms with Crippen molar-refractivity contribution < 1.29 is 4.79 Å². The summed E-state index contributed by atoms with van der Waals surface area (Å²) in [7, 11) is 0. The van der Waals surface area contributed by atoms with Crippen LogP contribution in [-0.2, 0) is 4.79 Å². The molecule has 5 nitrogen and oxygen atoms in total. The molecule has 1 aliphatic carbocycles. The van der Waals surface area contributed by atoms with Gasteiger partial charge in [0.1, 0.15) is 11.5 Å². The van der Waals surface area contributed by atoms with Crippen molar-refractivity contribution in [1.82, 2.24) is 14.7 Å². The second-order valence-electron chi connectivity index (χ2n) is 4.59. The maximum atomic E-state index is 11.5. The normalized spacial score (nSPS) is 14.7.